The molecule has 4 aromatic heterocycles. The van der Waals surface area contributed by atoms with Gasteiger partial charge in [-0.05, 0) is 116 Å². The Kier molecular flexibility index (Phi) is 15.4. The number of unbranched alkanes of at least 4 members (excludes halogenated alkanes) is 9. The molecule has 0 saturated carbocycles. The van der Waals surface area contributed by atoms with Crippen molar-refractivity contribution in [2.45, 2.75) is 138 Å². The monoisotopic (exact) mass is 1010 g/mol. The molecule has 0 radical (unpaired) electrons. The molecule has 0 bridgehead atoms. The molecule has 0 saturated heterocycles. The zero-order valence-corrected chi connectivity index (χ0v) is 45.1. The van der Waals surface area contributed by atoms with Gasteiger partial charge in [0.1, 0.15) is 17.7 Å². The number of aryl methyl sites for hydroxylation is 4. The van der Waals surface area contributed by atoms with Crippen LogP contribution in [0.5, 0.6) is 0 Å². The highest BCUT2D eigenvalue weighted by Crippen LogP contribution is 2.49. The molecule has 384 valence electrons. The van der Waals surface area contributed by atoms with E-state index < -0.39 is 7.40 Å². The first-order valence-electron chi connectivity index (χ1n) is 27.8. The number of benzene rings is 5. The predicted molar refractivity (Wildman–Crippen MR) is 318 cm³/mol. The van der Waals surface area contributed by atoms with Crippen LogP contribution in [-0.2, 0) is 19.6 Å². The molecule has 5 heterocycles. The Balaban J connectivity index is 1.21. The van der Waals surface area contributed by atoms with Gasteiger partial charge in [0.15, 0.2) is 0 Å². The van der Waals surface area contributed by atoms with E-state index in [-0.39, 0.29) is 5.57 Å². The highest BCUT2D eigenvalue weighted by Gasteiger charge is 2.31. The molecule has 7 nitrogen and oxygen atoms in total. The third-order valence-electron chi connectivity index (χ3n) is 15.7. The van der Waals surface area contributed by atoms with Crippen LogP contribution < -0.4 is 0 Å². The van der Waals surface area contributed by atoms with E-state index in [1.165, 1.54) is 116 Å². The fraction of sp³-hybridized carbons (Fsp3) is 0.318. The average molecular weight is 1010 g/mol. The van der Waals surface area contributed by atoms with E-state index in [4.69, 9.17) is 4.99 Å². The van der Waals surface area contributed by atoms with Crippen molar-refractivity contribution >= 4 is 102 Å². The highest BCUT2D eigenvalue weighted by atomic mass is 19.2. The first kappa shape index (κ1) is 51.8. The van der Waals surface area contributed by atoms with Crippen LogP contribution in [0.15, 0.2) is 125 Å². The number of rotatable bonds is 21. The lowest BCUT2D eigenvalue weighted by atomic mass is 9.94. The van der Waals surface area contributed by atoms with Crippen molar-refractivity contribution in [3.05, 3.63) is 154 Å². The van der Waals surface area contributed by atoms with Crippen molar-refractivity contribution < 1.29 is 8.63 Å². The summed E-state index contributed by atoms with van der Waals surface area (Å²) in [6.45, 7) is 15.3. The van der Waals surface area contributed by atoms with Crippen LogP contribution in [0.2, 0.25) is 0 Å². The Morgan fingerprint density at radius 2 is 1.08 bits per heavy atom. The van der Waals surface area contributed by atoms with Gasteiger partial charge in [0.05, 0.1) is 22.2 Å². The van der Waals surface area contributed by atoms with Crippen LogP contribution >= 0.6 is 0 Å². The number of halogens is 2. The van der Waals surface area contributed by atoms with Crippen molar-refractivity contribution in [1.82, 2.24) is 18.2 Å². The molecule has 76 heavy (non-hydrogen) atoms. The van der Waals surface area contributed by atoms with E-state index in [9.17, 15) is 10.5 Å². The Morgan fingerprint density at radius 1 is 0.579 bits per heavy atom. The summed E-state index contributed by atoms with van der Waals surface area (Å²) in [5, 5.41) is 26.5. The first-order chi connectivity index (χ1) is 37.1. The van der Waals surface area contributed by atoms with Gasteiger partial charge < -0.3 is 18.2 Å². The van der Waals surface area contributed by atoms with Crippen LogP contribution in [0.3, 0.4) is 0 Å². The lowest BCUT2D eigenvalue weighted by molar-refractivity contribution is 0.600. The number of aromatic nitrogens is 4. The first-order valence-corrected chi connectivity index (χ1v) is 27.8. The quantitative estimate of drug-likeness (QED) is 0.0408. The number of hydrogen-bond donors (Lipinski definition) is 0. The van der Waals surface area contributed by atoms with Gasteiger partial charge >= 0.3 is 7.40 Å². The fourth-order valence-electron chi connectivity index (χ4n) is 12.2. The van der Waals surface area contributed by atoms with Crippen LogP contribution in [-0.4, -0.2) is 31.3 Å². The summed E-state index contributed by atoms with van der Waals surface area (Å²) in [6, 6.07) is 37.9. The highest BCUT2D eigenvalue weighted by molar-refractivity contribution is 6.42. The minimum Gasteiger partial charge on any atom is -0.340 e. The molecule has 0 unspecified atom stereocenters. The molecule has 1 aliphatic rings. The van der Waals surface area contributed by atoms with Crippen molar-refractivity contribution in [2.24, 2.45) is 4.99 Å². The van der Waals surface area contributed by atoms with Gasteiger partial charge in [-0.1, -0.05) is 151 Å². The summed E-state index contributed by atoms with van der Waals surface area (Å²) < 4.78 is 40.9. The largest absolute Gasteiger partial charge is 0.678 e. The normalized spacial score (nSPS) is 13.5. The number of allylic oxidation sites excluding steroid dienone is 3. The predicted octanol–water partition coefficient (Wildman–Crippen LogP) is 18.4. The maximum atomic E-state index is 15.9. The summed E-state index contributed by atoms with van der Waals surface area (Å²) >= 11 is 0. The van der Waals surface area contributed by atoms with Gasteiger partial charge in [0.2, 0.25) is 0 Å². The Labute approximate surface area is 446 Å². The molecule has 0 spiro atoms. The number of hydrogen-bond acceptors (Lipinski definition) is 3. The van der Waals surface area contributed by atoms with Crippen LogP contribution in [0, 0.1) is 29.6 Å². The van der Waals surface area contributed by atoms with Crippen molar-refractivity contribution in [3.8, 4) is 12.1 Å². The number of para-hydroxylation sites is 2. The van der Waals surface area contributed by atoms with Gasteiger partial charge in [0, 0.05) is 91.2 Å². The molecule has 10 heteroatoms. The molecule has 1 aliphatic heterocycles. The summed E-state index contributed by atoms with van der Waals surface area (Å²) in [7, 11) is -2.86. The smallest absolute Gasteiger partial charge is 0.340 e. The van der Waals surface area contributed by atoms with E-state index in [0.29, 0.717) is 39.3 Å². The maximum Gasteiger partial charge on any atom is 0.678 e. The van der Waals surface area contributed by atoms with Crippen molar-refractivity contribution in [2.75, 3.05) is 0 Å². The van der Waals surface area contributed by atoms with Crippen LogP contribution in [0.25, 0.3) is 89.2 Å². The molecule has 10 rings (SSSR count). The second kappa shape index (κ2) is 22.7. The Bertz CT molecular complexity index is 3870. The second-order valence-electron chi connectivity index (χ2n) is 20.9. The standard InChI is InChI=1S/C66H68BF2N7/c1-7-10-13-20-35-73-55-25-18-16-23-52(55)60-64(73)59-53-24-17-19-26-56(53)74(36-21-14-11-8-2)65(59)61-54-41-48(30-34-57(54)75(66(60)61)37-22-15-12-9-3)29-33-51-39-45(5)63(76(51)67(68)69)58(62-44(4)38-46(6)72-62)50-31-27-47(28-32-50)40-49(42-70)43-71/h16-19,23-34,38-41H,7-15,20-22,35-37H2,1-6H3/b33-29+,62-58-. The topological polar surface area (TPSA) is 79.7 Å². The van der Waals surface area contributed by atoms with Gasteiger partial charge in [-0.15, -0.1) is 0 Å². The zero-order valence-electron chi connectivity index (χ0n) is 45.1. The average Bonchev–Trinajstić information content (AvgIpc) is 4.32. The second-order valence-corrected chi connectivity index (χ2v) is 20.9. The lowest BCUT2D eigenvalue weighted by Gasteiger charge is -2.17. The van der Waals surface area contributed by atoms with Crippen molar-refractivity contribution in [1.29, 1.82) is 10.5 Å². The summed E-state index contributed by atoms with van der Waals surface area (Å²) in [4.78, 5) is 4.89. The molecule has 9 aromatic rings. The molecule has 0 amide bonds. The number of nitrogens with zero attached hydrogens (tertiary/aromatic N) is 7. The third-order valence-corrected chi connectivity index (χ3v) is 15.7. The maximum absolute atomic E-state index is 15.9. The molecule has 5 aromatic carbocycles. The lowest BCUT2D eigenvalue weighted by Crippen LogP contribution is -2.18. The fourth-order valence-corrected chi connectivity index (χ4v) is 12.2. The SMILES string of the molecule is CCCCCCn1c2ccccc2c2c1c1c3ccccc3n(CCCCCC)c1c1c3cc(/C=C/c4cc(C)c(/C(=C5\N=C(C)C=C5C)c5ccc(C=C(C#N)C#N)cc5)n4B(F)F)ccc3n(CCCCCC)c21. The van der Waals surface area contributed by atoms with Crippen LogP contribution in [0.4, 0.5) is 8.63 Å². The minimum atomic E-state index is -2.86. The molecular weight excluding hydrogens is 940 g/mol. The Hall–Kier alpha value is -7.69. The Morgan fingerprint density at radius 3 is 1.57 bits per heavy atom. The molecule has 0 aliphatic carbocycles. The third kappa shape index (κ3) is 9.53. The molecule has 0 N–H and O–H groups in total. The van der Waals surface area contributed by atoms with Gasteiger partial charge in [0.25, 0.3) is 0 Å². The van der Waals surface area contributed by atoms with E-state index >= 15 is 8.63 Å². The zero-order chi connectivity index (χ0) is 53.0. The summed E-state index contributed by atoms with van der Waals surface area (Å²) in [5.74, 6) is 0. The number of fused-ring (bicyclic) bond motifs is 12. The van der Waals surface area contributed by atoms with E-state index in [2.05, 4.69) is 101 Å². The van der Waals surface area contributed by atoms with Gasteiger partial charge in [-0.25, -0.2) is 0 Å². The van der Waals surface area contributed by atoms with Gasteiger partial charge in [-0.2, -0.15) is 10.5 Å². The van der Waals surface area contributed by atoms with E-state index in [1.807, 2.05) is 69.3 Å². The number of nitriles is 2. The van der Waals surface area contributed by atoms with Gasteiger partial charge in [-0.3, -0.25) is 13.6 Å². The molecule has 0 atom stereocenters. The van der Waals surface area contributed by atoms with Crippen LogP contribution in [0.1, 0.15) is 145 Å². The summed E-state index contributed by atoms with van der Waals surface area (Å²) in [6.07, 6.45) is 21.3. The number of aliphatic imine (C=N–C) groups is 1. The van der Waals surface area contributed by atoms with E-state index in [0.717, 1.165) is 73.1 Å². The van der Waals surface area contributed by atoms with E-state index in [1.54, 1.807) is 12.1 Å². The van der Waals surface area contributed by atoms with Crippen molar-refractivity contribution in [3.63, 3.8) is 0 Å². The molecular formula is C66H68BF2N7. The molecule has 0 fully saturated rings. The summed E-state index contributed by atoms with van der Waals surface area (Å²) in [5.41, 5.74) is 14.3. The minimum absolute atomic E-state index is 0.0179.